The first-order chi connectivity index (χ1) is 6.42. The summed E-state index contributed by atoms with van der Waals surface area (Å²) in [6, 6.07) is 0. The van der Waals surface area contributed by atoms with Crippen LogP contribution in [0.15, 0.2) is 0 Å². The number of hydrogen-bond acceptors (Lipinski definition) is 3. The Morgan fingerprint density at radius 3 is 1.86 bits per heavy atom. The molecule has 3 nitrogen and oxygen atoms in total. The van der Waals surface area contributed by atoms with Gasteiger partial charge in [-0.15, -0.1) is 0 Å². The average molecular weight is 198 g/mol. The van der Waals surface area contributed by atoms with Gasteiger partial charge in [-0.05, 0) is 0 Å². The molecule has 3 heterocycles. The SMILES string of the molecule is CC1(C)C2CC3OC(O2)OC1C3(C)C. The van der Waals surface area contributed by atoms with Crippen molar-refractivity contribution in [2.24, 2.45) is 10.8 Å². The van der Waals surface area contributed by atoms with Crippen LogP contribution in [0.3, 0.4) is 0 Å². The molecule has 4 aliphatic rings. The molecule has 4 fully saturated rings. The highest BCUT2D eigenvalue weighted by atomic mass is 16.9. The fourth-order valence-electron chi connectivity index (χ4n) is 3.39. The van der Waals surface area contributed by atoms with Crippen molar-refractivity contribution in [3.63, 3.8) is 0 Å². The lowest BCUT2D eigenvalue weighted by Crippen LogP contribution is -2.71. The van der Waals surface area contributed by atoms with Gasteiger partial charge in [-0.1, -0.05) is 27.7 Å². The van der Waals surface area contributed by atoms with Gasteiger partial charge in [0.1, 0.15) is 0 Å². The van der Waals surface area contributed by atoms with E-state index in [0.29, 0.717) is 12.2 Å². The van der Waals surface area contributed by atoms with Crippen LogP contribution in [0.25, 0.3) is 0 Å². The Bertz CT molecular complexity index is 248. The molecular formula is C11H18O3. The fraction of sp³-hybridized carbons (Fsp3) is 1.00. The van der Waals surface area contributed by atoms with Crippen molar-refractivity contribution in [1.82, 2.24) is 0 Å². The number of hydrogen-bond donors (Lipinski definition) is 0. The van der Waals surface area contributed by atoms with Gasteiger partial charge in [-0.25, -0.2) is 0 Å². The van der Waals surface area contributed by atoms with E-state index in [9.17, 15) is 0 Å². The Kier molecular flexibility index (Phi) is 1.53. The molecule has 0 amide bonds. The van der Waals surface area contributed by atoms with Crippen LogP contribution in [0.4, 0.5) is 0 Å². The lowest BCUT2D eigenvalue weighted by atomic mass is 9.59. The molecule has 3 aliphatic heterocycles. The van der Waals surface area contributed by atoms with Gasteiger partial charge in [0.15, 0.2) is 0 Å². The molecule has 0 radical (unpaired) electrons. The zero-order valence-corrected chi connectivity index (χ0v) is 9.24. The Labute approximate surface area is 84.7 Å². The molecule has 1 aliphatic carbocycles. The van der Waals surface area contributed by atoms with Crippen molar-refractivity contribution in [2.45, 2.75) is 58.9 Å². The normalized spacial score (nSPS) is 52.3. The molecule has 3 heteroatoms. The molecule has 0 spiro atoms. The molecule has 0 aromatic rings. The van der Waals surface area contributed by atoms with Crippen molar-refractivity contribution in [3.8, 4) is 0 Å². The van der Waals surface area contributed by atoms with Crippen LogP contribution >= 0.6 is 0 Å². The van der Waals surface area contributed by atoms with Crippen LogP contribution in [0.2, 0.25) is 0 Å². The molecule has 14 heavy (non-hydrogen) atoms. The van der Waals surface area contributed by atoms with Crippen molar-refractivity contribution in [2.75, 3.05) is 0 Å². The first-order valence-electron chi connectivity index (χ1n) is 5.39. The van der Waals surface area contributed by atoms with Crippen LogP contribution in [0.1, 0.15) is 34.1 Å². The highest BCUT2D eigenvalue weighted by Crippen LogP contribution is 2.56. The zero-order valence-electron chi connectivity index (χ0n) is 9.24. The van der Waals surface area contributed by atoms with E-state index in [0.717, 1.165) is 6.42 Å². The Morgan fingerprint density at radius 1 is 0.857 bits per heavy atom. The summed E-state index contributed by atoms with van der Waals surface area (Å²) in [5.74, 6) is 0. The summed E-state index contributed by atoms with van der Waals surface area (Å²) in [6.07, 6.45) is 1.87. The first kappa shape index (κ1) is 9.13. The minimum atomic E-state index is -0.398. The van der Waals surface area contributed by atoms with E-state index in [4.69, 9.17) is 14.2 Å². The standard InChI is InChI=1S/C11H18O3/c1-10(2)6-5-7-11(3,4)8(10)14-9(12-6)13-7/h6-9H,5H2,1-4H3. The second kappa shape index (κ2) is 2.34. The summed E-state index contributed by atoms with van der Waals surface area (Å²) in [4.78, 5) is 0. The van der Waals surface area contributed by atoms with E-state index in [2.05, 4.69) is 27.7 Å². The van der Waals surface area contributed by atoms with Crippen LogP contribution in [0.5, 0.6) is 0 Å². The number of rotatable bonds is 0. The summed E-state index contributed by atoms with van der Waals surface area (Å²) in [7, 11) is 0. The maximum Gasteiger partial charge on any atom is 0.272 e. The summed E-state index contributed by atoms with van der Waals surface area (Å²) in [6.45, 7) is 8.55. The summed E-state index contributed by atoms with van der Waals surface area (Å²) in [5, 5.41) is 0. The quantitative estimate of drug-likeness (QED) is 0.595. The third-order valence-corrected chi connectivity index (χ3v) is 4.24. The molecule has 0 aromatic carbocycles. The topological polar surface area (TPSA) is 27.7 Å². The summed E-state index contributed by atoms with van der Waals surface area (Å²) < 4.78 is 17.2. The molecule has 0 aromatic heterocycles. The van der Waals surface area contributed by atoms with E-state index in [1.807, 2.05) is 0 Å². The highest BCUT2D eigenvalue weighted by molar-refractivity contribution is 5.08. The van der Waals surface area contributed by atoms with Gasteiger partial charge in [-0.2, -0.15) is 0 Å². The molecule has 4 rings (SSSR count). The van der Waals surface area contributed by atoms with E-state index in [1.165, 1.54) is 0 Å². The van der Waals surface area contributed by atoms with Gasteiger partial charge in [0.2, 0.25) is 0 Å². The molecule has 80 valence electrons. The molecule has 1 saturated carbocycles. The predicted octanol–water partition coefficient (Wildman–Crippen LogP) is 1.91. The number of ether oxygens (including phenoxy) is 3. The monoisotopic (exact) mass is 198 g/mol. The van der Waals surface area contributed by atoms with Gasteiger partial charge in [-0.3, -0.25) is 0 Å². The van der Waals surface area contributed by atoms with E-state index in [1.54, 1.807) is 0 Å². The van der Waals surface area contributed by atoms with Crippen LogP contribution in [-0.2, 0) is 14.2 Å². The van der Waals surface area contributed by atoms with Crippen LogP contribution in [-0.4, -0.2) is 24.8 Å². The minimum Gasteiger partial charge on any atom is -0.326 e. The fourth-order valence-corrected chi connectivity index (χ4v) is 3.39. The second-order valence-electron chi connectivity index (χ2n) is 5.93. The molecule has 0 N–H and O–H groups in total. The van der Waals surface area contributed by atoms with Gasteiger partial charge in [0, 0.05) is 17.3 Å². The summed E-state index contributed by atoms with van der Waals surface area (Å²) in [5.41, 5.74) is 0.223. The van der Waals surface area contributed by atoms with Gasteiger partial charge in [0.25, 0.3) is 6.48 Å². The third kappa shape index (κ3) is 0.884. The van der Waals surface area contributed by atoms with Crippen molar-refractivity contribution in [1.29, 1.82) is 0 Å². The van der Waals surface area contributed by atoms with Gasteiger partial charge in [0.05, 0.1) is 18.3 Å². The minimum absolute atomic E-state index is 0.111. The smallest absolute Gasteiger partial charge is 0.272 e. The van der Waals surface area contributed by atoms with E-state index >= 15 is 0 Å². The van der Waals surface area contributed by atoms with Crippen molar-refractivity contribution < 1.29 is 14.2 Å². The average Bonchev–Trinajstić information content (AvgIpc) is 2.09. The predicted molar refractivity (Wildman–Crippen MR) is 50.6 cm³/mol. The lowest BCUT2D eigenvalue weighted by molar-refractivity contribution is -0.482. The largest absolute Gasteiger partial charge is 0.326 e. The maximum atomic E-state index is 5.81. The molecule has 4 bridgehead atoms. The lowest BCUT2D eigenvalue weighted by Gasteiger charge is -2.64. The Morgan fingerprint density at radius 2 is 1.36 bits per heavy atom. The first-order valence-corrected chi connectivity index (χ1v) is 5.39. The third-order valence-electron chi connectivity index (χ3n) is 4.24. The second-order valence-corrected chi connectivity index (χ2v) is 5.93. The molecule has 3 saturated heterocycles. The van der Waals surface area contributed by atoms with Gasteiger partial charge < -0.3 is 14.2 Å². The van der Waals surface area contributed by atoms with Gasteiger partial charge >= 0.3 is 0 Å². The van der Waals surface area contributed by atoms with Crippen LogP contribution < -0.4 is 0 Å². The highest BCUT2D eigenvalue weighted by Gasteiger charge is 2.63. The van der Waals surface area contributed by atoms with Crippen molar-refractivity contribution in [3.05, 3.63) is 0 Å². The molecule has 2 unspecified atom stereocenters. The molecule has 2 atom stereocenters. The van der Waals surface area contributed by atoms with Crippen molar-refractivity contribution >= 4 is 0 Å². The van der Waals surface area contributed by atoms with E-state index < -0.39 is 6.48 Å². The zero-order chi connectivity index (χ0) is 10.1. The van der Waals surface area contributed by atoms with E-state index in [-0.39, 0.29) is 16.9 Å². The Hall–Kier alpha value is -0.120. The van der Waals surface area contributed by atoms with Crippen LogP contribution in [0, 0.1) is 10.8 Å². The summed E-state index contributed by atoms with van der Waals surface area (Å²) >= 11 is 0. The Balaban J connectivity index is 2.04. The maximum absolute atomic E-state index is 5.81. The molecular weight excluding hydrogens is 180 g/mol.